The van der Waals surface area contributed by atoms with Crippen LogP contribution in [-0.2, 0) is 15.1 Å². The molecule has 0 radical (unpaired) electrons. The van der Waals surface area contributed by atoms with E-state index in [1.54, 1.807) is 18.9 Å². The van der Waals surface area contributed by atoms with Crippen molar-refractivity contribution in [1.29, 1.82) is 0 Å². The zero-order valence-corrected chi connectivity index (χ0v) is 18.8. The van der Waals surface area contributed by atoms with E-state index in [1.165, 1.54) is 24.3 Å². The number of carbonyl (C=O) groups is 3. The molecule has 2 aliphatic heterocycles. The van der Waals surface area contributed by atoms with Crippen molar-refractivity contribution >= 4 is 17.8 Å². The molecule has 174 valence electrons. The van der Waals surface area contributed by atoms with Gasteiger partial charge >= 0.3 is 6.03 Å². The lowest BCUT2D eigenvalue weighted by Crippen LogP contribution is -2.45. The van der Waals surface area contributed by atoms with Crippen LogP contribution in [-0.4, -0.2) is 47.8 Å². The van der Waals surface area contributed by atoms with Crippen molar-refractivity contribution in [2.75, 3.05) is 20.2 Å². The molecule has 0 bridgehead atoms. The zero-order chi connectivity index (χ0) is 23.6. The number of carbonyl (C=O) groups excluding carboxylic acids is 3. The highest BCUT2D eigenvalue weighted by molar-refractivity contribution is 6.09. The number of amides is 4. The monoisotopic (exact) mass is 453 g/mol. The van der Waals surface area contributed by atoms with Crippen LogP contribution in [0.4, 0.5) is 9.18 Å². The second kappa shape index (κ2) is 9.21. The molecule has 8 heteroatoms. The Morgan fingerprint density at radius 3 is 2.45 bits per heavy atom. The van der Waals surface area contributed by atoms with Crippen LogP contribution in [0.3, 0.4) is 0 Å². The number of benzene rings is 2. The molecule has 2 heterocycles. The third-order valence-corrected chi connectivity index (χ3v) is 6.56. The highest BCUT2D eigenvalue weighted by Gasteiger charge is 2.50. The molecule has 2 aromatic carbocycles. The summed E-state index contributed by atoms with van der Waals surface area (Å²) in [6.07, 6.45) is 3.69. The summed E-state index contributed by atoms with van der Waals surface area (Å²) in [4.78, 5) is 42.0. The molecular weight excluding hydrogens is 425 g/mol. The summed E-state index contributed by atoms with van der Waals surface area (Å²) in [5, 5.41) is 2.67. The molecule has 2 fully saturated rings. The number of ether oxygens (including phenoxy) is 1. The van der Waals surface area contributed by atoms with E-state index in [2.05, 4.69) is 5.32 Å². The van der Waals surface area contributed by atoms with Crippen LogP contribution in [0.25, 0.3) is 0 Å². The number of imide groups is 1. The van der Waals surface area contributed by atoms with Crippen molar-refractivity contribution in [2.45, 2.75) is 44.2 Å². The highest BCUT2D eigenvalue weighted by Crippen LogP contribution is 2.33. The summed E-state index contributed by atoms with van der Waals surface area (Å²) < 4.78 is 18.6. The van der Waals surface area contributed by atoms with Crippen molar-refractivity contribution in [3.8, 4) is 5.75 Å². The van der Waals surface area contributed by atoms with E-state index in [0.717, 1.165) is 41.9 Å². The molecule has 2 saturated heterocycles. The Morgan fingerprint density at radius 1 is 1.09 bits per heavy atom. The minimum absolute atomic E-state index is 0.129. The predicted molar refractivity (Wildman–Crippen MR) is 120 cm³/mol. The Bertz CT molecular complexity index is 1040. The molecule has 0 aliphatic carbocycles. The molecular formula is C25H28FN3O4. The first-order valence-electron chi connectivity index (χ1n) is 11.2. The number of hydrogen-bond acceptors (Lipinski definition) is 4. The van der Waals surface area contributed by atoms with Crippen LogP contribution in [0.5, 0.6) is 5.75 Å². The van der Waals surface area contributed by atoms with Gasteiger partial charge in [0.15, 0.2) is 0 Å². The van der Waals surface area contributed by atoms with Crippen molar-refractivity contribution in [3.05, 3.63) is 65.5 Å². The molecule has 4 rings (SSSR count). The number of hydrogen-bond donors (Lipinski definition) is 1. The summed E-state index contributed by atoms with van der Waals surface area (Å²) in [5.74, 6) is -0.491. The molecule has 7 nitrogen and oxygen atoms in total. The van der Waals surface area contributed by atoms with Gasteiger partial charge in [-0.1, -0.05) is 37.1 Å². The van der Waals surface area contributed by atoms with Crippen LogP contribution >= 0.6 is 0 Å². The van der Waals surface area contributed by atoms with Crippen molar-refractivity contribution in [2.24, 2.45) is 0 Å². The fraction of sp³-hybridized carbons (Fsp3) is 0.400. The van der Waals surface area contributed by atoms with Gasteiger partial charge in [-0.3, -0.25) is 14.5 Å². The minimum Gasteiger partial charge on any atom is -0.497 e. The Labute approximate surface area is 192 Å². The summed E-state index contributed by atoms with van der Waals surface area (Å²) >= 11 is 0. The zero-order valence-electron chi connectivity index (χ0n) is 18.8. The first-order valence-corrected chi connectivity index (χ1v) is 11.2. The average molecular weight is 454 g/mol. The maximum atomic E-state index is 13.4. The lowest BCUT2D eigenvalue weighted by atomic mass is 9.92. The first kappa shape index (κ1) is 22.8. The highest BCUT2D eigenvalue weighted by atomic mass is 19.1. The van der Waals surface area contributed by atoms with E-state index in [1.807, 2.05) is 24.3 Å². The van der Waals surface area contributed by atoms with Crippen molar-refractivity contribution in [3.63, 3.8) is 0 Å². The molecule has 0 aromatic heterocycles. The van der Waals surface area contributed by atoms with Gasteiger partial charge in [0.25, 0.3) is 5.91 Å². The maximum absolute atomic E-state index is 13.4. The average Bonchev–Trinajstić information content (AvgIpc) is 2.98. The topological polar surface area (TPSA) is 79.0 Å². The fourth-order valence-electron chi connectivity index (χ4n) is 4.62. The second-order valence-corrected chi connectivity index (χ2v) is 8.68. The van der Waals surface area contributed by atoms with Crippen LogP contribution < -0.4 is 10.1 Å². The molecule has 33 heavy (non-hydrogen) atoms. The van der Waals surface area contributed by atoms with Gasteiger partial charge in [0.1, 0.15) is 23.7 Å². The second-order valence-electron chi connectivity index (χ2n) is 8.68. The van der Waals surface area contributed by atoms with Crippen molar-refractivity contribution < 1.29 is 23.5 Å². The molecule has 2 aromatic rings. The summed E-state index contributed by atoms with van der Waals surface area (Å²) in [6.45, 7) is 1.79. The van der Waals surface area contributed by atoms with Gasteiger partial charge in [0.05, 0.1) is 13.2 Å². The number of nitrogens with zero attached hydrogens (tertiary/aromatic N) is 2. The quantitative estimate of drug-likeness (QED) is 0.700. The number of rotatable bonds is 5. The van der Waals surface area contributed by atoms with E-state index >= 15 is 0 Å². The Morgan fingerprint density at radius 2 is 1.79 bits per heavy atom. The summed E-state index contributed by atoms with van der Waals surface area (Å²) in [6, 6.07) is 12.3. The standard InChI is InChI=1S/C25H28FN3O4/c1-25(18-9-11-19(26)12-10-18)23(31)29(24(32)27-25)16-22(30)28-15-5-3-4-6-21(28)17-7-13-20(33-2)14-8-17/h7-14,21H,3-6,15-16H2,1-2H3,(H,27,32). The Kier molecular flexibility index (Phi) is 6.35. The van der Waals surface area contributed by atoms with Gasteiger partial charge in [-0.05, 0) is 55.2 Å². The van der Waals surface area contributed by atoms with E-state index in [-0.39, 0.29) is 18.5 Å². The number of halogens is 1. The lowest BCUT2D eigenvalue weighted by molar-refractivity contribution is -0.140. The van der Waals surface area contributed by atoms with Gasteiger partial charge in [0, 0.05) is 6.54 Å². The summed E-state index contributed by atoms with van der Waals surface area (Å²) in [5.41, 5.74) is 0.113. The number of likely N-dealkylation sites (tertiary alicyclic amines) is 1. The first-order chi connectivity index (χ1) is 15.8. The largest absolute Gasteiger partial charge is 0.497 e. The predicted octanol–water partition coefficient (Wildman–Crippen LogP) is 3.75. The fourth-order valence-corrected chi connectivity index (χ4v) is 4.62. The van der Waals surface area contributed by atoms with E-state index in [9.17, 15) is 18.8 Å². The molecule has 0 spiro atoms. The van der Waals surface area contributed by atoms with E-state index in [0.29, 0.717) is 12.1 Å². The van der Waals surface area contributed by atoms with E-state index < -0.39 is 23.3 Å². The van der Waals surface area contributed by atoms with Crippen LogP contribution in [0.1, 0.15) is 49.8 Å². The Balaban J connectivity index is 1.54. The molecule has 2 atom stereocenters. The smallest absolute Gasteiger partial charge is 0.325 e. The van der Waals surface area contributed by atoms with E-state index in [4.69, 9.17) is 4.74 Å². The van der Waals surface area contributed by atoms with Gasteiger partial charge in [-0.25, -0.2) is 9.18 Å². The van der Waals surface area contributed by atoms with Crippen LogP contribution in [0.2, 0.25) is 0 Å². The maximum Gasteiger partial charge on any atom is 0.325 e. The molecule has 2 unspecified atom stereocenters. The normalized spacial score (nSPS) is 23.3. The number of nitrogens with one attached hydrogen (secondary N) is 1. The minimum atomic E-state index is -1.35. The Hall–Kier alpha value is -3.42. The lowest BCUT2D eigenvalue weighted by Gasteiger charge is -2.32. The van der Waals surface area contributed by atoms with Crippen molar-refractivity contribution in [1.82, 2.24) is 15.1 Å². The molecule has 2 aliphatic rings. The molecule has 0 saturated carbocycles. The SMILES string of the molecule is COc1ccc(C2CCCCCN2C(=O)CN2C(=O)NC(C)(c3ccc(F)cc3)C2=O)cc1. The third-order valence-electron chi connectivity index (χ3n) is 6.56. The van der Waals surface area contributed by atoms with Gasteiger partial charge in [-0.15, -0.1) is 0 Å². The number of methoxy groups -OCH3 is 1. The van der Waals surface area contributed by atoms with Gasteiger partial charge in [0.2, 0.25) is 5.91 Å². The molecule has 1 N–H and O–H groups in total. The third kappa shape index (κ3) is 4.42. The number of urea groups is 1. The van der Waals surface area contributed by atoms with Gasteiger partial charge < -0.3 is 15.0 Å². The van der Waals surface area contributed by atoms with Crippen LogP contribution in [0, 0.1) is 5.82 Å². The van der Waals surface area contributed by atoms with Gasteiger partial charge in [-0.2, -0.15) is 0 Å². The van der Waals surface area contributed by atoms with Crippen LogP contribution in [0.15, 0.2) is 48.5 Å². The molecule has 4 amide bonds. The summed E-state index contributed by atoms with van der Waals surface area (Å²) in [7, 11) is 1.61.